The molecule has 176 valence electrons. The molecule has 2 amide bonds. The molecule has 1 heterocycles. The van der Waals surface area contributed by atoms with Crippen LogP contribution in [-0.4, -0.2) is 46.5 Å². The summed E-state index contributed by atoms with van der Waals surface area (Å²) in [5, 5.41) is 13.5. The summed E-state index contributed by atoms with van der Waals surface area (Å²) in [6, 6.07) is 17.2. The number of aliphatic hydroxyl groups is 1. The molecule has 0 saturated carbocycles. The van der Waals surface area contributed by atoms with Crippen molar-refractivity contribution in [3.05, 3.63) is 71.3 Å². The van der Waals surface area contributed by atoms with Gasteiger partial charge in [0.25, 0.3) is 0 Å². The van der Waals surface area contributed by atoms with Crippen LogP contribution in [0.1, 0.15) is 68.7 Å². The first kappa shape index (κ1) is 23.5. The van der Waals surface area contributed by atoms with Gasteiger partial charge in [0.2, 0.25) is 11.8 Å². The van der Waals surface area contributed by atoms with Crippen LogP contribution in [0.25, 0.3) is 0 Å². The number of likely N-dealkylation sites (tertiary alicyclic amines) is 1. The van der Waals surface area contributed by atoms with Crippen molar-refractivity contribution in [1.82, 2.24) is 10.2 Å². The van der Waals surface area contributed by atoms with Gasteiger partial charge < -0.3 is 21.1 Å². The highest BCUT2D eigenvalue weighted by atomic mass is 16.3. The summed E-state index contributed by atoms with van der Waals surface area (Å²) in [6.07, 6.45) is 1.86. The van der Waals surface area contributed by atoms with E-state index in [9.17, 15) is 14.7 Å². The van der Waals surface area contributed by atoms with Gasteiger partial charge in [-0.3, -0.25) is 9.59 Å². The Hall–Kier alpha value is -2.70. The van der Waals surface area contributed by atoms with E-state index in [1.807, 2.05) is 60.4 Å². The van der Waals surface area contributed by atoms with Crippen LogP contribution in [0.4, 0.5) is 0 Å². The Kier molecular flexibility index (Phi) is 6.34. The lowest BCUT2D eigenvalue weighted by Gasteiger charge is -2.42. The van der Waals surface area contributed by atoms with Gasteiger partial charge in [-0.15, -0.1) is 0 Å². The van der Waals surface area contributed by atoms with Gasteiger partial charge in [-0.05, 0) is 49.8 Å². The second kappa shape index (κ2) is 8.92. The predicted molar refractivity (Wildman–Crippen MR) is 129 cm³/mol. The number of benzene rings is 2. The molecule has 2 aromatic rings. The number of aliphatic hydroxyl groups excluding tert-OH is 1. The maximum atomic E-state index is 13.7. The molecule has 1 spiro atoms. The number of fused-ring (bicyclic) bond motifs is 2. The first-order chi connectivity index (χ1) is 15.6. The van der Waals surface area contributed by atoms with Crippen LogP contribution in [0.2, 0.25) is 0 Å². The van der Waals surface area contributed by atoms with Crippen molar-refractivity contribution in [3.8, 4) is 0 Å². The maximum absolute atomic E-state index is 13.7. The molecule has 1 saturated heterocycles. The van der Waals surface area contributed by atoms with E-state index in [2.05, 4.69) is 11.4 Å². The first-order valence-corrected chi connectivity index (χ1v) is 11.8. The quantitative estimate of drug-likeness (QED) is 0.654. The van der Waals surface area contributed by atoms with Crippen LogP contribution in [0.3, 0.4) is 0 Å². The third-order valence-corrected chi connectivity index (χ3v) is 7.47. The van der Waals surface area contributed by atoms with Gasteiger partial charge >= 0.3 is 0 Å². The summed E-state index contributed by atoms with van der Waals surface area (Å²) in [4.78, 5) is 28.3. The highest BCUT2D eigenvalue weighted by molar-refractivity contribution is 5.92. The maximum Gasteiger partial charge on any atom is 0.245 e. The molecule has 0 radical (unpaired) electrons. The monoisotopic (exact) mass is 449 g/mol. The molecule has 1 aliphatic carbocycles. The molecule has 1 aliphatic heterocycles. The van der Waals surface area contributed by atoms with Crippen LogP contribution in [0, 0.1) is 0 Å². The van der Waals surface area contributed by atoms with E-state index in [0.717, 1.165) is 24.0 Å². The largest absolute Gasteiger partial charge is 0.388 e. The van der Waals surface area contributed by atoms with E-state index in [1.165, 1.54) is 5.56 Å². The Morgan fingerprint density at radius 3 is 2.33 bits per heavy atom. The third-order valence-electron chi connectivity index (χ3n) is 7.47. The van der Waals surface area contributed by atoms with Gasteiger partial charge in [-0.1, -0.05) is 61.5 Å². The smallest absolute Gasteiger partial charge is 0.245 e. The molecule has 0 aromatic heterocycles. The van der Waals surface area contributed by atoms with E-state index in [4.69, 9.17) is 5.73 Å². The second-order valence-electron chi connectivity index (χ2n) is 10.3. The highest BCUT2D eigenvalue weighted by Crippen LogP contribution is 2.50. The molecule has 33 heavy (non-hydrogen) atoms. The fourth-order valence-corrected chi connectivity index (χ4v) is 5.36. The van der Waals surface area contributed by atoms with E-state index in [0.29, 0.717) is 19.5 Å². The van der Waals surface area contributed by atoms with Crippen molar-refractivity contribution in [2.45, 2.75) is 69.1 Å². The number of rotatable bonds is 5. The van der Waals surface area contributed by atoms with E-state index in [1.54, 1.807) is 13.8 Å². The number of nitrogens with zero attached hydrogens (tertiary/aromatic N) is 1. The average Bonchev–Trinajstić information content (AvgIpc) is 3.08. The van der Waals surface area contributed by atoms with Crippen molar-refractivity contribution in [2.24, 2.45) is 5.73 Å². The lowest BCUT2D eigenvalue weighted by atomic mass is 9.73. The minimum Gasteiger partial charge on any atom is -0.388 e. The number of nitrogens with two attached hydrogens (primary N) is 1. The number of carbonyl (C=O) groups excluding carboxylic acids is 2. The zero-order valence-corrected chi connectivity index (χ0v) is 19.8. The van der Waals surface area contributed by atoms with Crippen molar-refractivity contribution < 1.29 is 14.7 Å². The summed E-state index contributed by atoms with van der Waals surface area (Å²) in [5.41, 5.74) is 8.09. The van der Waals surface area contributed by atoms with Gasteiger partial charge in [0, 0.05) is 24.4 Å². The van der Waals surface area contributed by atoms with Gasteiger partial charge in [0.1, 0.15) is 6.04 Å². The van der Waals surface area contributed by atoms with E-state index >= 15 is 0 Å². The van der Waals surface area contributed by atoms with Gasteiger partial charge in [0.05, 0.1) is 11.6 Å². The van der Waals surface area contributed by atoms with Gasteiger partial charge in [-0.2, -0.15) is 0 Å². The number of amides is 2. The normalized spacial score (nSPS) is 21.4. The SMILES string of the molecule is C[C@H](c1ccccc1)[C@H](NC(=O)C(C)(C)N)C(=O)N1CCC2(CC1)CC(O)c1ccccc12. The molecule has 1 fully saturated rings. The predicted octanol–water partition coefficient (Wildman–Crippen LogP) is 3.01. The first-order valence-electron chi connectivity index (χ1n) is 11.8. The standard InChI is InChI=1S/C27H35N3O3/c1-18(19-9-5-4-6-10-19)23(29-25(33)26(2,3)28)24(32)30-15-13-27(14-16-30)17-22(31)20-11-7-8-12-21(20)27/h4-12,18,22-23,31H,13-17,28H2,1-3H3,(H,29,33)/t18-,22?,23+/m1/s1. The molecular formula is C27H35N3O3. The Bertz CT molecular complexity index is 1010. The molecular weight excluding hydrogens is 414 g/mol. The molecule has 0 bridgehead atoms. The lowest BCUT2D eigenvalue weighted by molar-refractivity contribution is -0.139. The van der Waals surface area contributed by atoms with Crippen LogP contribution in [0.15, 0.2) is 54.6 Å². The molecule has 2 aliphatic rings. The molecule has 6 heteroatoms. The minimum absolute atomic E-state index is 0.0781. The van der Waals surface area contributed by atoms with Gasteiger partial charge in [0.15, 0.2) is 0 Å². The summed E-state index contributed by atoms with van der Waals surface area (Å²) < 4.78 is 0. The molecule has 2 aromatic carbocycles. The fourth-order valence-electron chi connectivity index (χ4n) is 5.36. The summed E-state index contributed by atoms with van der Waals surface area (Å²) in [5.74, 6) is -0.620. The van der Waals surface area contributed by atoms with Crippen LogP contribution < -0.4 is 11.1 Å². The highest BCUT2D eigenvalue weighted by Gasteiger charge is 2.46. The topological polar surface area (TPSA) is 95.7 Å². The summed E-state index contributed by atoms with van der Waals surface area (Å²) in [6.45, 7) is 6.45. The molecule has 1 unspecified atom stereocenters. The van der Waals surface area contributed by atoms with Gasteiger partial charge in [-0.25, -0.2) is 0 Å². The van der Waals surface area contributed by atoms with E-state index in [-0.39, 0.29) is 23.1 Å². The summed E-state index contributed by atoms with van der Waals surface area (Å²) >= 11 is 0. The number of hydrogen-bond donors (Lipinski definition) is 3. The Morgan fingerprint density at radius 2 is 1.70 bits per heavy atom. The Labute approximate surface area is 196 Å². The van der Waals surface area contributed by atoms with Crippen molar-refractivity contribution in [3.63, 3.8) is 0 Å². The third kappa shape index (κ3) is 4.55. The van der Waals surface area contributed by atoms with Crippen molar-refractivity contribution in [2.75, 3.05) is 13.1 Å². The molecule has 4 N–H and O–H groups in total. The Balaban J connectivity index is 1.53. The molecule has 4 rings (SSSR count). The van der Waals surface area contributed by atoms with Crippen molar-refractivity contribution in [1.29, 1.82) is 0 Å². The van der Waals surface area contributed by atoms with E-state index < -0.39 is 17.7 Å². The molecule has 3 atom stereocenters. The Morgan fingerprint density at radius 1 is 1.09 bits per heavy atom. The fraction of sp³-hybridized carbons (Fsp3) is 0.481. The van der Waals surface area contributed by atoms with Crippen molar-refractivity contribution >= 4 is 11.8 Å². The second-order valence-corrected chi connectivity index (χ2v) is 10.3. The summed E-state index contributed by atoms with van der Waals surface area (Å²) in [7, 11) is 0. The lowest BCUT2D eigenvalue weighted by Crippen LogP contribution is -2.59. The zero-order chi connectivity index (χ0) is 23.8. The van der Waals surface area contributed by atoms with Crippen LogP contribution in [0.5, 0.6) is 0 Å². The van der Waals surface area contributed by atoms with Crippen LogP contribution >= 0.6 is 0 Å². The zero-order valence-electron chi connectivity index (χ0n) is 19.8. The average molecular weight is 450 g/mol. The van der Waals surface area contributed by atoms with Crippen LogP contribution in [-0.2, 0) is 15.0 Å². The minimum atomic E-state index is -1.08. The number of carbonyl (C=O) groups is 2. The number of hydrogen-bond acceptors (Lipinski definition) is 4. The number of piperidine rings is 1. The molecule has 6 nitrogen and oxygen atoms in total. The number of nitrogens with one attached hydrogen (secondary N) is 1.